The Hall–Kier alpha value is -2.95. The lowest BCUT2D eigenvalue weighted by Crippen LogP contribution is -2.40. The Balaban J connectivity index is 1.73. The first-order chi connectivity index (χ1) is 12.5. The molecule has 26 heavy (non-hydrogen) atoms. The summed E-state index contributed by atoms with van der Waals surface area (Å²) < 4.78 is 1.78. The lowest BCUT2D eigenvalue weighted by atomic mass is 9.81. The van der Waals surface area contributed by atoms with E-state index in [9.17, 15) is 4.79 Å². The molecule has 0 aliphatic carbocycles. The van der Waals surface area contributed by atoms with E-state index in [0.29, 0.717) is 13.1 Å². The summed E-state index contributed by atoms with van der Waals surface area (Å²) in [6.07, 6.45) is 3.21. The fraction of sp³-hybridized carbons (Fsp3) is 0.286. The highest BCUT2D eigenvalue weighted by atomic mass is 16.2. The van der Waals surface area contributed by atoms with E-state index in [1.165, 1.54) is 6.33 Å². The molecule has 3 rings (SSSR count). The van der Waals surface area contributed by atoms with Crippen molar-refractivity contribution >= 4 is 5.91 Å². The van der Waals surface area contributed by atoms with Crippen molar-refractivity contribution in [3.63, 3.8) is 0 Å². The van der Waals surface area contributed by atoms with E-state index < -0.39 is 5.41 Å². The third kappa shape index (κ3) is 3.82. The maximum absolute atomic E-state index is 12.9. The number of carbonyl (C=O) groups excluding carboxylic acids is 1. The minimum absolute atomic E-state index is 0.0161. The summed E-state index contributed by atoms with van der Waals surface area (Å²) in [5, 5.41) is 7.26. The number of aromatic nitrogens is 3. The van der Waals surface area contributed by atoms with Crippen molar-refractivity contribution in [3.05, 3.63) is 83.4 Å². The molecule has 1 heterocycles. The Kier molecular flexibility index (Phi) is 5.16. The maximum atomic E-state index is 12.9. The van der Waals surface area contributed by atoms with Crippen molar-refractivity contribution in [1.82, 2.24) is 20.1 Å². The normalized spacial score (nSPS) is 11.3. The molecule has 0 unspecified atom stereocenters. The first kappa shape index (κ1) is 17.9. The number of nitrogens with one attached hydrogen (secondary N) is 1. The molecule has 0 saturated carbocycles. The number of amides is 1. The highest BCUT2D eigenvalue weighted by molar-refractivity contribution is 5.87. The van der Waals surface area contributed by atoms with Gasteiger partial charge in [-0.15, -0.1) is 0 Å². The molecule has 0 saturated heterocycles. The van der Waals surface area contributed by atoms with Gasteiger partial charge in [-0.2, -0.15) is 5.10 Å². The van der Waals surface area contributed by atoms with E-state index in [1.54, 1.807) is 11.0 Å². The Morgan fingerprint density at radius 2 is 1.77 bits per heavy atom. The molecule has 0 bridgehead atoms. The highest BCUT2D eigenvalue weighted by Gasteiger charge is 2.30. The summed E-state index contributed by atoms with van der Waals surface area (Å²) >= 11 is 0. The van der Waals surface area contributed by atoms with Crippen LogP contribution in [-0.2, 0) is 23.3 Å². The molecule has 1 amide bonds. The maximum Gasteiger partial charge on any atom is 0.230 e. The van der Waals surface area contributed by atoms with Crippen LogP contribution in [0.5, 0.6) is 0 Å². The lowest BCUT2D eigenvalue weighted by molar-refractivity contribution is -0.125. The number of hydrogen-bond donors (Lipinski definition) is 1. The Morgan fingerprint density at radius 3 is 2.46 bits per heavy atom. The topological polar surface area (TPSA) is 59.8 Å². The summed E-state index contributed by atoms with van der Waals surface area (Å²) in [4.78, 5) is 16.9. The third-order valence-electron chi connectivity index (χ3n) is 4.74. The Bertz CT molecular complexity index is 885. The van der Waals surface area contributed by atoms with Crippen molar-refractivity contribution < 1.29 is 4.79 Å². The summed E-state index contributed by atoms with van der Waals surface area (Å²) in [5.41, 5.74) is 3.78. The quantitative estimate of drug-likeness (QED) is 0.744. The first-order valence-corrected chi connectivity index (χ1v) is 8.72. The molecule has 5 nitrogen and oxygen atoms in total. The van der Waals surface area contributed by atoms with Crippen molar-refractivity contribution in [2.24, 2.45) is 0 Å². The van der Waals surface area contributed by atoms with Gasteiger partial charge in [-0.05, 0) is 43.0 Å². The van der Waals surface area contributed by atoms with Crippen LogP contribution in [0.3, 0.4) is 0 Å². The van der Waals surface area contributed by atoms with Crippen molar-refractivity contribution in [1.29, 1.82) is 0 Å². The van der Waals surface area contributed by atoms with Crippen LogP contribution in [0.1, 0.15) is 36.1 Å². The summed E-state index contributed by atoms with van der Waals surface area (Å²) in [5.74, 6) is 0.0161. The van der Waals surface area contributed by atoms with Gasteiger partial charge in [0.2, 0.25) is 5.91 Å². The highest BCUT2D eigenvalue weighted by Crippen LogP contribution is 2.26. The minimum Gasteiger partial charge on any atom is -0.351 e. The zero-order valence-corrected chi connectivity index (χ0v) is 15.4. The van der Waals surface area contributed by atoms with E-state index in [-0.39, 0.29) is 5.91 Å². The van der Waals surface area contributed by atoms with Crippen molar-refractivity contribution in [3.8, 4) is 0 Å². The molecule has 5 heteroatoms. The predicted molar refractivity (Wildman–Crippen MR) is 102 cm³/mol. The largest absolute Gasteiger partial charge is 0.351 e. The molecule has 134 valence electrons. The second kappa shape index (κ2) is 7.52. The van der Waals surface area contributed by atoms with Crippen LogP contribution in [0.15, 0.2) is 61.2 Å². The smallest absolute Gasteiger partial charge is 0.230 e. The fourth-order valence-electron chi connectivity index (χ4n) is 3.17. The molecule has 0 aliphatic rings. The van der Waals surface area contributed by atoms with Gasteiger partial charge in [0.05, 0.1) is 12.0 Å². The zero-order chi connectivity index (χ0) is 18.6. The fourth-order valence-corrected chi connectivity index (χ4v) is 3.17. The van der Waals surface area contributed by atoms with Gasteiger partial charge in [0, 0.05) is 6.54 Å². The zero-order valence-electron chi connectivity index (χ0n) is 15.4. The SMILES string of the molecule is Cc1ccccc1C(C)(C)C(=O)NCc1ccccc1Cn1cncn1. The van der Waals surface area contributed by atoms with Crippen LogP contribution in [0.25, 0.3) is 0 Å². The number of aryl methyl sites for hydroxylation is 1. The Morgan fingerprint density at radius 1 is 1.08 bits per heavy atom. The predicted octanol–water partition coefficient (Wildman–Crippen LogP) is 3.23. The standard InChI is InChI=1S/C21H24N4O/c1-16-8-4-7-11-19(16)21(2,3)20(26)23-12-17-9-5-6-10-18(17)13-25-15-22-14-24-25/h4-11,14-15H,12-13H2,1-3H3,(H,23,26). The molecule has 3 aromatic rings. The average molecular weight is 348 g/mol. The number of hydrogen-bond acceptors (Lipinski definition) is 3. The summed E-state index contributed by atoms with van der Waals surface area (Å²) in [6, 6.07) is 16.1. The summed E-state index contributed by atoms with van der Waals surface area (Å²) in [6.45, 7) is 7.09. The average Bonchev–Trinajstić information content (AvgIpc) is 3.14. The van der Waals surface area contributed by atoms with Crippen LogP contribution in [0.4, 0.5) is 0 Å². The van der Waals surface area contributed by atoms with Gasteiger partial charge in [0.25, 0.3) is 0 Å². The second-order valence-electron chi connectivity index (χ2n) is 6.98. The minimum atomic E-state index is -0.591. The van der Waals surface area contributed by atoms with Crippen LogP contribution in [0.2, 0.25) is 0 Å². The summed E-state index contributed by atoms with van der Waals surface area (Å²) in [7, 11) is 0. The monoisotopic (exact) mass is 348 g/mol. The first-order valence-electron chi connectivity index (χ1n) is 8.72. The molecule has 2 aromatic carbocycles. The van der Waals surface area contributed by atoms with Gasteiger partial charge in [-0.3, -0.25) is 4.79 Å². The van der Waals surface area contributed by atoms with E-state index >= 15 is 0 Å². The van der Waals surface area contributed by atoms with Gasteiger partial charge in [0.1, 0.15) is 12.7 Å². The van der Waals surface area contributed by atoms with Crippen LogP contribution < -0.4 is 5.32 Å². The van der Waals surface area contributed by atoms with E-state index in [1.807, 2.05) is 63.2 Å². The van der Waals surface area contributed by atoms with Crippen molar-refractivity contribution in [2.75, 3.05) is 0 Å². The van der Waals surface area contributed by atoms with Gasteiger partial charge >= 0.3 is 0 Å². The van der Waals surface area contributed by atoms with E-state index in [0.717, 1.165) is 22.3 Å². The molecule has 1 N–H and O–H groups in total. The lowest BCUT2D eigenvalue weighted by Gasteiger charge is -2.26. The molecule has 0 atom stereocenters. The molecule has 0 aliphatic heterocycles. The molecule has 0 spiro atoms. The second-order valence-corrected chi connectivity index (χ2v) is 6.98. The number of carbonyl (C=O) groups is 1. The van der Waals surface area contributed by atoms with Crippen LogP contribution in [0, 0.1) is 6.92 Å². The number of rotatable bonds is 6. The van der Waals surface area contributed by atoms with Crippen LogP contribution >= 0.6 is 0 Å². The number of benzene rings is 2. The van der Waals surface area contributed by atoms with Crippen molar-refractivity contribution in [2.45, 2.75) is 39.3 Å². The molecule has 1 aromatic heterocycles. The van der Waals surface area contributed by atoms with Gasteiger partial charge in [-0.1, -0.05) is 48.5 Å². The van der Waals surface area contributed by atoms with E-state index in [2.05, 4.69) is 21.5 Å². The van der Waals surface area contributed by atoms with Gasteiger partial charge < -0.3 is 5.32 Å². The molecular weight excluding hydrogens is 324 g/mol. The molecule has 0 radical (unpaired) electrons. The van der Waals surface area contributed by atoms with Crippen LogP contribution in [-0.4, -0.2) is 20.7 Å². The molecular formula is C21H24N4O. The third-order valence-corrected chi connectivity index (χ3v) is 4.74. The Labute approximate surface area is 154 Å². The van der Waals surface area contributed by atoms with Gasteiger partial charge in [-0.25, -0.2) is 9.67 Å². The van der Waals surface area contributed by atoms with E-state index in [4.69, 9.17) is 0 Å². The number of nitrogens with zero attached hydrogens (tertiary/aromatic N) is 3. The van der Waals surface area contributed by atoms with Gasteiger partial charge in [0.15, 0.2) is 0 Å². The molecule has 0 fully saturated rings.